The fraction of sp³-hybridized carbons (Fsp3) is 0.457. The van der Waals surface area contributed by atoms with Crippen LogP contribution in [0.1, 0.15) is 62.5 Å². The molecule has 2 atom stereocenters. The minimum Gasteiger partial charge on any atom is -0.463 e. The first-order chi connectivity index (χ1) is 20.4. The van der Waals surface area contributed by atoms with E-state index in [1.165, 1.54) is 0 Å². The number of nitrogens with one attached hydrogen (secondary N) is 1. The molecule has 2 aromatic rings. The number of ether oxygens (including phenoxy) is 1. The molecule has 0 radical (unpaired) electrons. The number of aliphatic hydroxyl groups is 1. The molecule has 0 heterocycles. The van der Waals surface area contributed by atoms with E-state index in [1.807, 2.05) is 66.7 Å². The third-order valence-electron chi connectivity index (χ3n) is 8.00. The van der Waals surface area contributed by atoms with E-state index in [4.69, 9.17) is 4.74 Å². The Kier molecular flexibility index (Phi) is 13.5. The van der Waals surface area contributed by atoms with Gasteiger partial charge in [-0.1, -0.05) is 85.7 Å². The van der Waals surface area contributed by atoms with Crippen molar-refractivity contribution in [2.75, 3.05) is 19.8 Å². The Morgan fingerprint density at radius 2 is 1.60 bits per heavy atom. The van der Waals surface area contributed by atoms with Crippen LogP contribution in [-0.4, -0.2) is 53.1 Å². The Balaban J connectivity index is 1.65. The van der Waals surface area contributed by atoms with Gasteiger partial charge in [0.2, 0.25) is 11.8 Å². The van der Waals surface area contributed by atoms with Gasteiger partial charge in [-0.15, -0.1) is 13.2 Å². The number of nitrogens with zero attached hydrogens (tertiary/aromatic N) is 1. The van der Waals surface area contributed by atoms with Crippen LogP contribution in [0.15, 0.2) is 86.0 Å². The van der Waals surface area contributed by atoms with Gasteiger partial charge in [-0.3, -0.25) is 14.4 Å². The highest BCUT2D eigenvalue weighted by molar-refractivity contribution is 5.86. The first-order valence-corrected chi connectivity index (χ1v) is 15.1. The molecule has 2 N–H and O–H groups in total. The molecular weight excluding hydrogens is 528 g/mol. The summed E-state index contributed by atoms with van der Waals surface area (Å²) in [6.45, 7) is 8.09. The summed E-state index contributed by atoms with van der Waals surface area (Å²) in [5.74, 6) is -1.61. The highest BCUT2D eigenvalue weighted by atomic mass is 16.5. The van der Waals surface area contributed by atoms with E-state index >= 15 is 0 Å². The molecule has 0 spiro atoms. The van der Waals surface area contributed by atoms with Crippen LogP contribution in [0.2, 0.25) is 0 Å². The molecule has 2 aromatic carbocycles. The maximum Gasteiger partial charge on any atom is 0.309 e. The average Bonchev–Trinajstić information content (AvgIpc) is 3.47. The lowest BCUT2D eigenvalue weighted by Gasteiger charge is -2.32. The number of benzene rings is 2. The summed E-state index contributed by atoms with van der Waals surface area (Å²) in [7, 11) is 0. The van der Waals surface area contributed by atoms with Gasteiger partial charge in [0.15, 0.2) is 0 Å². The molecule has 1 fully saturated rings. The van der Waals surface area contributed by atoms with E-state index in [1.54, 1.807) is 11.0 Å². The zero-order valence-electron chi connectivity index (χ0n) is 24.7. The van der Waals surface area contributed by atoms with E-state index < -0.39 is 11.5 Å². The fourth-order valence-electron chi connectivity index (χ4n) is 5.61. The summed E-state index contributed by atoms with van der Waals surface area (Å²) in [6, 6.07) is 19.5. The Labute approximate surface area is 250 Å². The zero-order valence-corrected chi connectivity index (χ0v) is 24.7. The first-order valence-electron chi connectivity index (χ1n) is 15.1. The van der Waals surface area contributed by atoms with E-state index in [2.05, 4.69) is 18.5 Å². The summed E-state index contributed by atoms with van der Waals surface area (Å²) in [6.07, 6.45) is 9.02. The minimum absolute atomic E-state index is 0.00125. The lowest BCUT2D eigenvalue weighted by molar-refractivity contribution is -0.152. The molecule has 0 bridgehead atoms. The van der Waals surface area contributed by atoms with Gasteiger partial charge in [-0.05, 0) is 49.7 Å². The Morgan fingerprint density at radius 1 is 0.952 bits per heavy atom. The zero-order chi connectivity index (χ0) is 30.2. The Morgan fingerprint density at radius 3 is 2.19 bits per heavy atom. The summed E-state index contributed by atoms with van der Waals surface area (Å²) >= 11 is 0. The molecule has 1 aliphatic rings. The SMILES string of the molecule is C=CCCC(Cc1ccccc1)C(=O)OCC1(NC(=O)C(CC=C)CC(=O)N(CCO)Cc2ccccc2)CCCC1. The molecule has 1 saturated carbocycles. The van der Waals surface area contributed by atoms with Gasteiger partial charge in [0.05, 0.1) is 24.0 Å². The van der Waals surface area contributed by atoms with Crippen molar-refractivity contribution in [3.63, 3.8) is 0 Å². The van der Waals surface area contributed by atoms with Crippen molar-refractivity contribution in [3.05, 3.63) is 97.1 Å². The number of amides is 2. The fourth-order valence-corrected chi connectivity index (χ4v) is 5.61. The lowest BCUT2D eigenvalue weighted by atomic mass is 9.93. The van der Waals surface area contributed by atoms with E-state index in [0.717, 1.165) is 24.0 Å². The second-order valence-corrected chi connectivity index (χ2v) is 11.3. The Hall–Kier alpha value is -3.71. The number of allylic oxidation sites excluding steroid dienone is 2. The van der Waals surface area contributed by atoms with Crippen LogP contribution in [0.5, 0.6) is 0 Å². The van der Waals surface area contributed by atoms with Crippen molar-refractivity contribution in [3.8, 4) is 0 Å². The first kappa shape index (κ1) is 32.8. The van der Waals surface area contributed by atoms with Gasteiger partial charge in [0.1, 0.15) is 6.61 Å². The van der Waals surface area contributed by atoms with Crippen LogP contribution in [-0.2, 0) is 32.1 Å². The van der Waals surface area contributed by atoms with E-state index in [9.17, 15) is 19.5 Å². The lowest BCUT2D eigenvalue weighted by Crippen LogP contribution is -2.52. The number of carbonyl (C=O) groups excluding carboxylic acids is 3. The number of esters is 1. The topological polar surface area (TPSA) is 95.9 Å². The highest BCUT2D eigenvalue weighted by Crippen LogP contribution is 2.31. The van der Waals surface area contributed by atoms with Crippen LogP contribution < -0.4 is 5.32 Å². The molecule has 42 heavy (non-hydrogen) atoms. The smallest absolute Gasteiger partial charge is 0.309 e. The summed E-state index contributed by atoms with van der Waals surface area (Å²) in [5.41, 5.74) is 1.38. The van der Waals surface area contributed by atoms with Crippen molar-refractivity contribution in [2.45, 2.75) is 69.9 Å². The monoisotopic (exact) mass is 574 g/mol. The van der Waals surface area contributed by atoms with Crippen molar-refractivity contribution < 1.29 is 24.2 Å². The van der Waals surface area contributed by atoms with Crippen molar-refractivity contribution in [1.82, 2.24) is 10.2 Å². The molecular formula is C35H46N2O5. The van der Waals surface area contributed by atoms with Crippen LogP contribution >= 0.6 is 0 Å². The second kappa shape index (κ2) is 17.3. The van der Waals surface area contributed by atoms with Gasteiger partial charge in [-0.25, -0.2) is 0 Å². The molecule has 226 valence electrons. The van der Waals surface area contributed by atoms with Crippen LogP contribution in [0.4, 0.5) is 0 Å². The molecule has 1 aliphatic carbocycles. The highest BCUT2D eigenvalue weighted by Gasteiger charge is 2.39. The molecule has 0 saturated heterocycles. The molecule has 7 nitrogen and oxygen atoms in total. The van der Waals surface area contributed by atoms with Gasteiger partial charge < -0.3 is 20.1 Å². The standard InChI is InChI=1S/C35H46N2O5/c1-3-5-19-31(24-28-15-8-6-9-16-28)34(41)42-27-35(20-12-13-21-35)36-33(40)30(14-4-2)25-32(39)37(22-23-38)26-29-17-10-7-11-18-29/h3-4,6-11,15-18,30-31,38H,1-2,5,12-14,19-27H2,(H,36,40). The number of aliphatic hydroxyl groups excluding tert-OH is 1. The maximum absolute atomic E-state index is 13.6. The summed E-state index contributed by atoms with van der Waals surface area (Å²) in [4.78, 5) is 41.7. The van der Waals surface area contributed by atoms with Crippen LogP contribution in [0.25, 0.3) is 0 Å². The number of carbonyl (C=O) groups is 3. The number of hydrogen-bond donors (Lipinski definition) is 2. The largest absolute Gasteiger partial charge is 0.463 e. The molecule has 3 rings (SSSR count). The minimum atomic E-state index is -0.653. The van der Waals surface area contributed by atoms with Gasteiger partial charge in [-0.2, -0.15) is 0 Å². The predicted octanol–water partition coefficient (Wildman–Crippen LogP) is 5.39. The molecule has 7 heteroatoms. The van der Waals surface area contributed by atoms with E-state index in [-0.39, 0.29) is 49.9 Å². The van der Waals surface area contributed by atoms with Crippen molar-refractivity contribution >= 4 is 17.8 Å². The average molecular weight is 575 g/mol. The molecule has 2 amide bonds. The molecule has 0 aliphatic heterocycles. The van der Waals surface area contributed by atoms with Crippen molar-refractivity contribution in [1.29, 1.82) is 0 Å². The van der Waals surface area contributed by atoms with Crippen LogP contribution in [0, 0.1) is 11.8 Å². The van der Waals surface area contributed by atoms with Gasteiger partial charge in [0, 0.05) is 19.5 Å². The molecule has 0 aromatic heterocycles. The quantitative estimate of drug-likeness (QED) is 0.184. The third kappa shape index (κ3) is 10.3. The molecule has 2 unspecified atom stereocenters. The number of rotatable bonds is 18. The van der Waals surface area contributed by atoms with Crippen LogP contribution in [0.3, 0.4) is 0 Å². The normalized spacial score (nSPS) is 15.3. The maximum atomic E-state index is 13.6. The summed E-state index contributed by atoms with van der Waals surface area (Å²) < 4.78 is 5.91. The predicted molar refractivity (Wildman–Crippen MR) is 165 cm³/mol. The second-order valence-electron chi connectivity index (χ2n) is 11.3. The summed E-state index contributed by atoms with van der Waals surface area (Å²) in [5, 5.41) is 12.8. The third-order valence-corrected chi connectivity index (χ3v) is 8.00. The van der Waals surface area contributed by atoms with Crippen molar-refractivity contribution in [2.24, 2.45) is 11.8 Å². The van der Waals surface area contributed by atoms with Gasteiger partial charge >= 0.3 is 5.97 Å². The Bertz CT molecular complexity index is 1140. The van der Waals surface area contributed by atoms with Gasteiger partial charge in [0.25, 0.3) is 0 Å². The number of hydrogen-bond acceptors (Lipinski definition) is 5. The van der Waals surface area contributed by atoms with E-state index in [0.29, 0.717) is 45.1 Å².